The minimum absolute atomic E-state index is 0.0779. The zero-order valence-electron chi connectivity index (χ0n) is 15.1. The van der Waals surface area contributed by atoms with Gasteiger partial charge >= 0.3 is 11.9 Å². The van der Waals surface area contributed by atoms with Crippen molar-refractivity contribution >= 4 is 41.0 Å². The minimum atomic E-state index is -1.59. The summed E-state index contributed by atoms with van der Waals surface area (Å²) in [6.45, 7) is 0.0779. The van der Waals surface area contributed by atoms with Crippen LogP contribution in [0.1, 0.15) is 26.3 Å². The largest absolute Gasteiger partial charge is 0.489 e. The number of aromatic carboxylic acids is 2. The molecule has 0 bridgehead atoms. The Labute approximate surface area is 179 Å². The van der Waals surface area contributed by atoms with Gasteiger partial charge in [-0.25, -0.2) is 9.59 Å². The van der Waals surface area contributed by atoms with Gasteiger partial charge in [-0.3, -0.25) is 4.79 Å². The predicted molar refractivity (Wildman–Crippen MR) is 112 cm³/mol. The van der Waals surface area contributed by atoms with Crippen LogP contribution in [-0.2, 0) is 6.61 Å². The number of rotatable bonds is 6. The van der Waals surface area contributed by atoms with E-state index in [9.17, 15) is 24.6 Å². The molecular weight excluding hydrogens is 435 g/mol. The second-order valence-electron chi connectivity index (χ2n) is 6.16. The summed E-state index contributed by atoms with van der Waals surface area (Å²) in [5.74, 6) is -3.23. The summed E-state index contributed by atoms with van der Waals surface area (Å²) >= 11 is 12.0. The van der Waals surface area contributed by atoms with Gasteiger partial charge in [0.1, 0.15) is 29.3 Å². The smallest absolute Gasteiger partial charge is 0.342 e. The Morgan fingerprint density at radius 3 is 2.37 bits per heavy atom. The molecule has 0 unspecified atom stereocenters. The topological polar surface area (TPSA) is 143 Å². The lowest BCUT2D eigenvalue weighted by molar-refractivity contribution is 0.0695. The molecule has 3 rings (SSSR count). The first-order valence-corrected chi connectivity index (χ1v) is 9.14. The van der Waals surface area contributed by atoms with Gasteiger partial charge in [0.2, 0.25) is 0 Å². The van der Waals surface area contributed by atoms with E-state index in [-0.39, 0.29) is 17.7 Å². The third kappa shape index (κ3) is 4.24. The number of anilines is 1. The van der Waals surface area contributed by atoms with E-state index in [0.29, 0.717) is 21.4 Å². The van der Waals surface area contributed by atoms with E-state index in [4.69, 9.17) is 33.7 Å². The third-order valence-electron chi connectivity index (χ3n) is 4.20. The Hall–Kier alpha value is -3.49. The van der Waals surface area contributed by atoms with E-state index in [1.54, 1.807) is 24.3 Å². The van der Waals surface area contributed by atoms with Gasteiger partial charge in [0.25, 0.3) is 5.56 Å². The Morgan fingerprint density at radius 2 is 1.73 bits per heavy atom. The fourth-order valence-corrected chi connectivity index (χ4v) is 3.34. The van der Waals surface area contributed by atoms with Crippen molar-refractivity contribution < 1.29 is 24.5 Å². The molecule has 0 aliphatic carbocycles. The molecule has 0 fully saturated rings. The van der Waals surface area contributed by atoms with Gasteiger partial charge in [0, 0.05) is 21.2 Å². The van der Waals surface area contributed by atoms with Crippen LogP contribution in [0.5, 0.6) is 5.75 Å². The number of hydrogen-bond donors (Lipinski definition) is 4. The van der Waals surface area contributed by atoms with Crippen LogP contribution in [0.15, 0.2) is 47.3 Å². The fraction of sp³-hybridized carbons (Fsp3) is 0.0500. The van der Waals surface area contributed by atoms with Crippen LogP contribution in [0.2, 0.25) is 10.0 Å². The lowest BCUT2D eigenvalue weighted by Gasteiger charge is -2.14. The number of halogens is 2. The molecule has 8 nitrogen and oxygen atoms in total. The number of aromatic amines is 1. The maximum atomic E-state index is 12.1. The standard InChI is InChI=1S/C20H14Cl2N2O6/c21-11-5-4-10(13(22)7-11)8-30-12-3-1-2-9(6-12)14-15(19(26)27)17(23)24-18(25)16(14)20(28)29/h1-7H,8H2,(H,26,27)(H,28,29)(H3,23,24,25). The highest BCUT2D eigenvalue weighted by Gasteiger charge is 2.26. The van der Waals surface area contributed by atoms with Crippen molar-refractivity contribution in [1.29, 1.82) is 0 Å². The lowest BCUT2D eigenvalue weighted by Crippen LogP contribution is -2.24. The molecular formula is C20H14Cl2N2O6. The summed E-state index contributed by atoms with van der Waals surface area (Å²) in [7, 11) is 0. The van der Waals surface area contributed by atoms with E-state index < -0.39 is 34.4 Å². The molecule has 30 heavy (non-hydrogen) atoms. The zero-order chi connectivity index (χ0) is 22.0. The molecule has 0 saturated carbocycles. The number of carbonyl (C=O) groups is 2. The van der Waals surface area contributed by atoms with Crippen molar-refractivity contribution in [2.75, 3.05) is 5.73 Å². The first-order valence-electron chi connectivity index (χ1n) is 8.38. The van der Waals surface area contributed by atoms with Crippen LogP contribution in [-0.4, -0.2) is 27.1 Å². The van der Waals surface area contributed by atoms with Crippen LogP contribution in [0.3, 0.4) is 0 Å². The number of aromatic nitrogens is 1. The fourth-order valence-electron chi connectivity index (χ4n) is 2.88. The second kappa shape index (κ2) is 8.48. The van der Waals surface area contributed by atoms with Gasteiger partial charge < -0.3 is 25.7 Å². The summed E-state index contributed by atoms with van der Waals surface area (Å²) in [6.07, 6.45) is 0. The molecule has 0 radical (unpaired) electrons. The maximum Gasteiger partial charge on any atom is 0.342 e. The molecule has 10 heteroatoms. The van der Waals surface area contributed by atoms with Crippen molar-refractivity contribution in [3.8, 4) is 16.9 Å². The molecule has 1 heterocycles. The van der Waals surface area contributed by atoms with Crippen molar-refractivity contribution in [3.05, 3.63) is 79.6 Å². The number of nitrogens with two attached hydrogens (primary N) is 1. The number of benzene rings is 2. The number of nitrogen functional groups attached to an aromatic ring is 1. The number of ether oxygens (including phenoxy) is 1. The molecule has 3 aromatic rings. The van der Waals surface area contributed by atoms with E-state index in [1.165, 1.54) is 18.2 Å². The minimum Gasteiger partial charge on any atom is -0.489 e. The van der Waals surface area contributed by atoms with Gasteiger partial charge in [-0.05, 0) is 29.8 Å². The van der Waals surface area contributed by atoms with E-state index >= 15 is 0 Å². The van der Waals surface area contributed by atoms with Gasteiger partial charge in [0.05, 0.1) is 0 Å². The van der Waals surface area contributed by atoms with Crippen LogP contribution >= 0.6 is 23.2 Å². The van der Waals surface area contributed by atoms with Crippen LogP contribution in [0, 0.1) is 0 Å². The monoisotopic (exact) mass is 448 g/mol. The van der Waals surface area contributed by atoms with Crippen molar-refractivity contribution in [2.45, 2.75) is 6.61 Å². The molecule has 5 N–H and O–H groups in total. The Kier molecular flexibility index (Phi) is 6.00. The molecule has 1 aromatic heterocycles. The number of carboxylic acid groups (broad SMARTS) is 2. The van der Waals surface area contributed by atoms with Crippen LogP contribution in [0.4, 0.5) is 5.82 Å². The summed E-state index contributed by atoms with van der Waals surface area (Å²) in [4.78, 5) is 37.6. The molecule has 2 aromatic carbocycles. The average molecular weight is 449 g/mol. The molecule has 0 aliphatic rings. The first kappa shape index (κ1) is 21.2. The summed E-state index contributed by atoms with van der Waals surface area (Å²) in [6, 6.07) is 10.9. The van der Waals surface area contributed by atoms with E-state index in [2.05, 4.69) is 4.98 Å². The third-order valence-corrected chi connectivity index (χ3v) is 4.79. The first-order chi connectivity index (χ1) is 14.2. The van der Waals surface area contributed by atoms with Gasteiger partial charge in [-0.15, -0.1) is 0 Å². The maximum absolute atomic E-state index is 12.1. The van der Waals surface area contributed by atoms with Crippen molar-refractivity contribution in [1.82, 2.24) is 4.98 Å². The lowest BCUT2D eigenvalue weighted by atomic mass is 9.95. The zero-order valence-corrected chi connectivity index (χ0v) is 16.6. The normalized spacial score (nSPS) is 10.6. The number of carboxylic acids is 2. The van der Waals surface area contributed by atoms with Crippen molar-refractivity contribution in [3.63, 3.8) is 0 Å². The Morgan fingerprint density at radius 1 is 1.03 bits per heavy atom. The SMILES string of the molecule is Nc1[nH]c(=O)c(C(=O)O)c(-c2cccc(OCc3ccc(Cl)cc3Cl)c2)c1C(=O)O. The summed E-state index contributed by atoms with van der Waals surface area (Å²) in [5, 5.41) is 19.9. The second-order valence-corrected chi connectivity index (χ2v) is 7.00. The van der Waals surface area contributed by atoms with Gasteiger partial charge in [0.15, 0.2) is 0 Å². The molecule has 154 valence electrons. The molecule has 0 atom stereocenters. The van der Waals surface area contributed by atoms with E-state index in [1.807, 2.05) is 0 Å². The Balaban J connectivity index is 2.06. The predicted octanol–water partition coefficient (Wildman–Crippen LogP) is 3.91. The van der Waals surface area contributed by atoms with Crippen molar-refractivity contribution in [2.24, 2.45) is 0 Å². The average Bonchev–Trinajstić information content (AvgIpc) is 2.66. The highest BCUT2D eigenvalue weighted by molar-refractivity contribution is 6.35. The number of nitrogens with one attached hydrogen (secondary N) is 1. The van der Waals surface area contributed by atoms with E-state index in [0.717, 1.165) is 0 Å². The highest BCUT2D eigenvalue weighted by atomic mass is 35.5. The molecule has 0 aliphatic heterocycles. The quantitative estimate of drug-likeness (QED) is 0.447. The molecule has 0 saturated heterocycles. The number of H-pyrrole nitrogens is 1. The highest BCUT2D eigenvalue weighted by Crippen LogP contribution is 2.32. The molecule has 0 spiro atoms. The van der Waals surface area contributed by atoms with Crippen LogP contribution < -0.4 is 16.0 Å². The summed E-state index contributed by atoms with van der Waals surface area (Å²) in [5.41, 5.74) is 3.85. The number of hydrogen-bond acceptors (Lipinski definition) is 5. The molecule has 0 amide bonds. The Bertz CT molecular complexity index is 1220. The van der Waals surface area contributed by atoms with Crippen LogP contribution in [0.25, 0.3) is 11.1 Å². The number of pyridine rings is 1. The summed E-state index contributed by atoms with van der Waals surface area (Å²) < 4.78 is 5.70. The van der Waals surface area contributed by atoms with Gasteiger partial charge in [-0.2, -0.15) is 0 Å². The van der Waals surface area contributed by atoms with Gasteiger partial charge in [-0.1, -0.05) is 41.4 Å².